The number of rotatable bonds is 6. The van der Waals surface area contributed by atoms with Gasteiger partial charge in [-0.05, 0) is 36.6 Å². The molecule has 0 spiro atoms. The molecule has 4 aromatic rings. The molecule has 6 nitrogen and oxygen atoms in total. The third-order valence-electron chi connectivity index (χ3n) is 5.23. The lowest BCUT2D eigenvalue weighted by Gasteiger charge is -2.12. The van der Waals surface area contributed by atoms with Gasteiger partial charge in [-0.2, -0.15) is 0 Å². The van der Waals surface area contributed by atoms with Crippen LogP contribution in [0.2, 0.25) is 10.0 Å². The van der Waals surface area contributed by atoms with E-state index in [4.69, 9.17) is 28.2 Å². The van der Waals surface area contributed by atoms with Gasteiger partial charge in [0.25, 0.3) is 5.56 Å². The van der Waals surface area contributed by atoms with Crippen molar-refractivity contribution in [3.05, 3.63) is 75.1 Å². The molecule has 0 bridgehead atoms. The van der Waals surface area contributed by atoms with Crippen LogP contribution >= 0.6 is 35.0 Å². The number of carbonyl (C=O) groups is 1. The van der Waals surface area contributed by atoms with E-state index in [9.17, 15) is 9.59 Å². The summed E-state index contributed by atoms with van der Waals surface area (Å²) >= 11 is 13.4. The van der Waals surface area contributed by atoms with Gasteiger partial charge >= 0.3 is 0 Å². The number of amides is 1. The van der Waals surface area contributed by atoms with E-state index in [1.165, 1.54) is 11.8 Å². The summed E-state index contributed by atoms with van der Waals surface area (Å²) in [6, 6.07) is 14.8. The summed E-state index contributed by atoms with van der Waals surface area (Å²) in [6.07, 6.45) is 3.67. The van der Waals surface area contributed by atoms with Gasteiger partial charge in [-0.15, -0.1) is 0 Å². The minimum absolute atomic E-state index is 0.0819. The number of aromatic amines is 1. The first-order chi connectivity index (χ1) is 15.5. The number of halogens is 2. The second-order valence-electron chi connectivity index (χ2n) is 7.55. The number of thioether (sulfide) groups is 1. The van der Waals surface area contributed by atoms with Crippen molar-refractivity contribution in [2.24, 2.45) is 0 Å². The Morgan fingerprint density at radius 2 is 1.97 bits per heavy atom. The molecule has 1 amide bonds. The zero-order valence-electron chi connectivity index (χ0n) is 16.8. The second kappa shape index (κ2) is 8.65. The van der Waals surface area contributed by atoms with Crippen LogP contribution in [0, 0.1) is 0 Å². The van der Waals surface area contributed by atoms with E-state index < -0.39 is 0 Å². The third kappa shape index (κ3) is 4.16. The molecule has 0 unspecified atom stereocenters. The average Bonchev–Trinajstić information content (AvgIpc) is 3.53. The van der Waals surface area contributed by atoms with E-state index in [0.29, 0.717) is 31.9 Å². The van der Waals surface area contributed by atoms with Crippen LogP contribution in [0.3, 0.4) is 0 Å². The standard InChI is InChI=1S/C23H18Cl2N4O2S/c24-14-6-9-17(25)18(10-14)27-19(30)12-32-23-28-20-16(13-4-2-1-3-5-13)11-26-21(20)22(31)29(23)15-7-8-15/h1-6,9-11,15,26H,7-8,12H2,(H,27,30). The number of anilines is 1. The predicted molar refractivity (Wildman–Crippen MR) is 130 cm³/mol. The van der Waals surface area contributed by atoms with Crippen LogP contribution in [0.15, 0.2) is 64.7 Å². The first kappa shape index (κ1) is 21.1. The zero-order valence-corrected chi connectivity index (χ0v) is 19.1. The fraction of sp³-hybridized carbons (Fsp3) is 0.174. The lowest BCUT2D eigenvalue weighted by molar-refractivity contribution is -0.113. The van der Waals surface area contributed by atoms with Crippen LogP contribution in [-0.4, -0.2) is 26.2 Å². The molecule has 1 saturated carbocycles. The molecule has 2 aromatic carbocycles. The topological polar surface area (TPSA) is 79.8 Å². The van der Waals surface area contributed by atoms with Crippen molar-refractivity contribution in [3.8, 4) is 11.1 Å². The molecule has 2 heterocycles. The summed E-state index contributed by atoms with van der Waals surface area (Å²) < 4.78 is 1.71. The molecule has 5 rings (SSSR count). The van der Waals surface area contributed by atoms with Gasteiger partial charge in [0.15, 0.2) is 5.16 Å². The molecule has 162 valence electrons. The van der Waals surface area contributed by atoms with Gasteiger partial charge in [0.05, 0.1) is 16.5 Å². The summed E-state index contributed by atoms with van der Waals surface area (Å²) in [5.74, 6) is -0.174. The van der Waals surface area contributed by atoms with Crippen LogP contribution < -0.4 is 10.9 Å². The Morgan fingerprint density at radius 1 is 1.19 bits per heavy atom. The van der Waals surface area contributed by atoms with Gasteiger partial charge in [-0.3, -0.25) is 14.2 Å². The minimum atomic E-state index is -0.256. The number of fused-ring (bicyclic) bond motifs is 1. The largest absolute Gasteiger partial charge is 0.355 e. The zero-order chi connectivity index (χ0) is 22.2. The maximum atomic E-state index is 13.2. The fourth-order valence-electron chi connectivity index (χ4n) is 3.56. The quantitative estimate of drug-likeness (QED) is 0.269. The highest BCUT2D eigenvalue weighted by Gasteiger charge is 2.29. The highest BCUT2D eigenvalue weighted by molar-refractivity contribution is 7.99. The molecule has 2 aromatic heterocycles. The monoisotopic (exact) mass is 484 g/mol. The lowest BCUT2D eigenvalue weighted by Crippen LogP contribution is -2.23. The van der Waals surface area contributed by atoms with Gasteiger partial charge in [-0.1, -0.05) is 65.3 Å². The van der Waals surface area contributed by atoms with E-state index >= 15 is 0 Å². The van der Waals surface area contributed by atoms with Crippen molar-refractivity contribution >= 4 is 57.6 Å². The van der Waals surface area contributed by atoms with Crippen LogP contribution in [0.5, 0.6) is 0 Å². The van der Waals surface area contributed by atoms with E-state index in [2.05, 4.69) is 10.3 Å². The number of aromatic nitrogens is 3. The minimum Gasteiger partial charge on any atom is -0.355 e. The Balaban J connectivity index is 1.46. The molecule has 0 atom stereocenters. The fourth-order valence-corrected chi connectivity index (χ4v) is 4.75. The molecule has 32 heavy (non-hydrogen) atoms. The lowest BCUT2D eigenvalue weighted by atomic mass is 10.1. The van der Waals surface area contributed by atoms with E-state index in [0.717, 1.165) is 24.0 Å². The number of hydrogen-bond donors (Lipinski definition) is 2. The normalized spacial score (nSPS) is 13.4. The van der Waals surface area contributed by atoms with Crippen LogP contribution in [0.25, 0.3) is 22.2 Å². The maximum Gasteiger partial charge on any atom is 0.278 e. The Kier molecular flexibility index (Phi) is 5.71. The van der Waals surface area contributed by atoms with Crippen LogP contribution in [0.4, 0.5) is 5.69 Å². The second-order valence-corrected chi connectivity index (χ2v) is 9.34. The average molecular weight is 485 g/mol. The molecule has 1 aliphatic rings. The number of benzene rings is 2. The number of nitrogens with one attached hydrogen (secondary N) is 2. The third-order valence-corrected chi connectivity index (χ3v) is 6.75. The summed E-state index contributed by atoms with van der Waals surface area (Å²) in [4.78, 5) is 33.7. The van der Waals surface area contributed by atoms with Gasteiger partial charge in [0, 0.05) is 22.8 Å². The molecule has 9 heteroatoms. The van der Waals surface area contributed by atoms with E-state index in [1.54, 1.807) is 22.8 Å². The summed E-state index contributed by atoms with van der Waals surface area (Å²) in [6.45, 7) is 0. The summed E-state index contributed by atoms with van der Waals surface area (Å²) in [5, 5.41) is 4.19. The number of carbonyl (C=O) groups excluding carboxylic acids is 1. The molecule has 1 aliphatic carbocycles. The first-order valence-corrected chi connectivity index (χ1v) is 11.8. The number of nitrogens with zero attached hydrogens (tertiary/aromatic N) is 2. The molecule has 0 radical (unpaired) electrons. The van der Waals surface area contributed by atoms with Gasteiger partial charge in [-0.25, -0.2) is 4.98 Å². The molecule has 2 N–H and O–H groups in total. The molecule has 1 fully saturated rings. The molecular weight excluding hydrogens is 467 g/mol. The highest BCUT2D eigenvalue weighted by atomic mass is 35.5. The van der Waals surface area contributed by atoms with Gasteiger partial charge in [0.1, 0.15) is 11.0 Å². The maximum absolute atomic E-state index is 13.2. The van der Waals surface area contributed by atoms with Crippen LogP contribution in [0.1, 0.15) is 18.9 Å². The smallest absolute Gasteiger partial charge is 0.278 e. The Bertz CT molecular complexity index is 1380. The van der Waals surface area contributed by atoms with Gasteiger partial charge < -0.3 is 10.3 Å². The Hall–Kier alpha value is -2.74. The Labute approximate surface area is 198 Å². The van der Waals surface area contributed by atoms with E-state index in [1.807, 2.05) is 36.5 Å². The van der Waals surface area contributed by atoms with Gasteiger partial charge in [0.2, 0.25) is 5.91 Å². The predicted octanol–water partition coefficient (Wildman–Crippen LogP) is 5.76. The van der Waals surface area contributed by atoms with Crippen molar-refractivity contribution in [2.75, 3.05) is 11.1 Å². The molecule has 0 saturated heterocycles. The molecular formula is C23H18Cl2N4O2S. The number of hydrogen-bond acceptors (Lipinski definition) is 4. The first-order valence-electron chi connectivity index (χ1n) is 10.1. The van der Waals surface area contributed by atoms with Crippen molar-refractivity contribution < 1.29 is 4.79 Å². The SMILES string of the molecule is O=C(CSc1nc2c(-c3ccccc3)c[nH]c2c(=O)n1C1CC1)Nc1cc(Cl)ccc1Cl. The van der Waals surface area contributed by atoms with Crippen molar-refractivity contribution in [1.82, 2.24) is 14.5 Å². The van der Waals surface area contributed by atoms with Crippen molar-refractivity contribution in [2.45, 2.75) is 24.0 Å². The summed E-state index contributed by atoms with van der Waals surface area (Å²) in [5.41, 5.74) is 3.26. The van der Waals surface area contributed by atoms with Crippen LogP contribution in [-0.2, 0) is 4.79 Å². The Morgan fingerprint density at radius 3 is 2.72 bits per heavy atom. The highest BCUT2D eigenvalue weighted by Crippen LogP contribution is 2.38. The van der Waals surface area contributed by atoms with Crippen molar-refractivity contribution in [3.63, 3.8) is 0 Å². The number of H-pyrrole nitrogens is 1. The van der Waals surface area contributed by atoms with Crippen molar-refractivity contribution in [1.29, 1.82) is 0 Å². The molecule has 0 aliphatic heterocycles. The summed E-state index contributed by atoms with van der Waals surface area (Å²) in [7, 11) is 0. The van der Waals surface area contributed by atoms with E-state index in [-0.39, 0.29) is 23.3 Å².